The first-order valence-electron chi connectivity index (χ1n) is 12.4. The monoisotopic (exact) mass is 461 g/mol. The molecule has 3 aromatic rings. The SMILES string of the molecule is CCOc1ncc(-c2cccc(NCC34CCC(c5nc(C(C)(C)C)no5)(CC3)CC4)c2)cn1. The standard InChI is InChI=1S/C27H35N5O2/c1-5-33-24-28-16-20(17-29-24)19-7-6-8-21(15-19)30-18-26-9-12-27(13-10-26,14-11-26)23-31-22(32-34-23)25(2,3)4/h6-8,15-17,30H,5,9-14,18H2,1-4H3. The fourth-order valence-corrected chi connectivity index (χ4v) is 5.36. The van der Waals surface area contributed by atoms with E-state index < -0.39 is 0 Å². The van der Waals surface area contributed by atoms with Gasteiger partial charge < -0.3 is 14.6 Å². The summed E-state index contributed by atoms with van der Waals surface area (Å²) in [7, 11) is 0. The van der Waals surface area contributed by atoms with Gasteiger partial charge in [0, 0.05) is 41.0 Å². The van der Waals surface area contributed by atoms with E-state index in [1.807, 2.05) is 19.3 Å². The molecule has 2 heterocycles. The summed E-state index contributed by atoms with van der Waals surface area (Å²) >= 11 is 0. The first kappa shape index (κ1) is 22.8. The van der Waals surface area contributed by atoms with Crippen LogP contribution >= 0.6 is 0 Å². The Kier molecular flexibility index (Phi) is 5.82. The maximum Gasteiger partial charge on any atom is 0.316 e. The highest BCUT2D eigenvalue weighted by molar-refractivity contribution is 5.66. The van der Waals surface area contributed by atoms with Gasteiger partial charge >= 0.3 is 6.01 Å². The molecule has 2 bridgehead atoms. The molecule has 1 aromatic carbocycles. The zero-order valence-electron chi connectivity index (χ0n) is 20.7. The molecule has 0 saturated heterocycles. The van der Waals surface area contributed by atoms with Crippen molar-refractivity contribution in [1.29, 1.82) is 0 Å². The van der Waals surface area contributed by atoms with Gasteiger partial charge in [0.2, 0.25) is 5.89 Å². The average molecular weight is 462 g/mol. The molecule has 2 aromatic heterocycles. The lowest BCUT2D eigenvalue weighted by Gasteiger charge is -2.52. The maximum absolute atomic E-state index is 5.79. The number of nitrogens with one attached hydrogen (secondary N) is 1. The van der Waals surface area contributed by atoms with Crippen LogP contribution in [0.2, 0.25) is 0 Å². The van der Waals surface area contributed by atoms with Gasteiger partial charge in [0.25, 0.3) is 0 Å². The Bertz CT molecular complexity index is 1110. The van der Waals surface area contributed by atoms with Crippen molar-refractivity contribution in [3.05, 3.63) is 48.4 Å². The lowest BCUT2D eigenvalue weighted by Crippen LogP contribution is -2.47. The summed E-state index contributed by atoms with van der Waals surface area (Å²) in [5, 5.41) is 8.03. The first-order chi connectivity index (χ1) is 16.3. The van der Waals surface area contributed by atoms with Crippen LogP contribution in [0, 0.1) is 5.41 Å². The van der Waals surface area contributed by atoms with Crippen LogP contribution in [0.4, 0.5) is 5.69 Å². The fraction of sp³-hybridized carbons (Fsp3) is 0.556. The van der Waals surface area contributed by atoms with E-state index in [9.17, 15) is 0 Å². The van der Waals surface area contributed by atoms with Gasteiger partial charge in [-0.3, -0.25) is 0 Å². The highest BCUT2D eigenvalue weighted by Gasteiger charge is 2.52. The summed E-state index contributed by atoms with van der Waals surface area (Å²) in [5.74, 6) is 1.68. The predicted molar refractivity (Wildman–Crippen MR) is 132 cm³/mol. The number of fused-ring (bicyclic) bond motifs is 3. The second kappa shape index (κ2) is 8.67. The lowest BCUT2D eigenvalue weighted by molar-refractivity contribution is 0.0322. The van der Waals surface area contributed by atoms with Crippen molar-refractivity contribution < 1.29 is 9.26 Å². The fourth-order valence-electron chi connectivity index (χ4n) is 5.36. The maximum atomic E-state index is 5.79. The normalized spacial score (nSPS) is 24.2. The minimum absolute atomic E-state index is 0.0752. The third-order valence-electron chi connectivity index (χ3n) is 7.72. The molecule has 1 N–H and O–H groups in total. The van der Waals surface area contributed by atoms with Gasteiger partial charge in [-0.2, -0.15) is 4.98 Å². The van der Waals surface area contributed by atoms with Gasteiger partial charge in [0.1, 0.15) is 0 Å². The van der Waals surface area contributed by atoms with E-state index >= 15 is 0 Å². The van der Waals surface area contributed by atoms with E-state index in [4.69, 9.17) is 14.2 Å². The van der Waals surface area contributed by atoms with Gasteiger partial charge in [-0.25, -0.2) is 9.97 Å². The van der Waals surface area contributed by atoms with Gasteiger partial charge in [-0.05, 0) is 68.6 Å². The Morgan fingerprint density at radius 3 is 2.32 bits per heavy atom. The second-order valence-corrected chi connectivity index (χ2v) is 11.1. The molecule has 180 valence electrons. The van der Waals surface area contributed by atoms with E-state index in [-0.39, 0.29) is 10.8 Å². The van der Waals surface area contributed by atoms with E-state index in [2.05, 4.69) is 65.5 Å². The first-order valence-corrected chi connectivity index (χ1v) is 12.4. The smallest absolute Gasteiger partial charge is 0.316 e. The number of anilines is 1. The molecule has 3 aliphatic carbocycles. The van der Waals surface area contributed by atoms with Crippen molar-refractivity contribution in [3.63, 3.8) is 0 Å². The molecule has 0 amide bonds. The highest BCUT2D eigenvalue weighted by atomic mass is 16.5. The van der Waals surface area contributed by atoms with E-state index in [1.54, 1.807) is 0 Å². The van der Waals surface area contributed by atoms with Crippen molar-refractivity contribution in [2.75, 3.05) is 18.5 Å². The van der Waals surface area contributed by atoms with E-state index in [0.717, 1.165) is 54.3 Å². The largest absolute Gasteiger partial charge is 0.464 e. The molecule has 0 atom stereocenters. The minimum Gasteiger partial charge on any atom is -0.464 e. The summed E-state index contributed by atoms with van der Waals surface area (Å²) in [6, 6.07) is 8.91. The molecule has 0 aliphatic heterocycles. The molecule has 0 spiro atoms. The molecule has 6 rings (SSSR count). The Labute approximate surface area is 201 Å². The molecule has 7 nitrogen and oxygen atoms in total. The van der Waals surface area contributed by atoms with Crippen LogP contribution in [-0.4, -0.2) is 33.3 Å². The van der Waals surface area contributed by atoms with Crippen LogP contribution in [0.1, 0.15) is 77.9 Å². The molecule has 3 saturated carbocycles. The number of benzene rings is 1. The van der Waals surface area contributed by atoms with Crippen molar-refractivity contribution in [1.82, 2.24) is 20.1 Å². The van der Waals surface area contributed by atoms with Crippen molar-refractivity contribution in [2.24, 2.45) is 5.41 Å². The molecule has 3 fully saturated rings. The lowest BCUT2D eigenvalue weighted by atomic mass is 9.53. The third-order valence-corrected chi connectivity index (χ3v) is 7.72. The zero-order valence-corrected chi connectivity index (χ0v) is 20.7. The molecule has 7 heteroatoms. The topological polar surface area (TPSA) is 86.0 Å². The zero-order chi connectivity index (χ0) is 23.8. The van der Waals surface area contributed by atoms with Crippen LogP contribution in [-0.2, 0) is 10.8 Å². The van der Waals surface area contributed by atoms with Gasteiger partial charge in [-0.1, -0.05) is 38.1 Å². The number of aromatic nitrogens is 4. The van der Waals surface area contributed by atoms with Crippen LogP contribution in [0.5, 0.6) is 6.01 Å². The molecule has 0 radical (unpaired) electrons. The number of hydrogen-bond acceptors (Lipinski definition) is 7. The van der Waals surface area contributed by atoms with Crippen molar-refractivity contribution in [3.8, 4) is 17.1 Å². The van der Waals surface area contributed by atoms with Crippen molar-refractivity contribution >= 4 is 5.69 Å². The summed E-state index contributed by atoms with van der Waals surface area (Å²) in [5.41, 5.74) is 3.55. The Hall–Kier alpha value is -2.96. The number of rotatable bonds is 7. The van der Waals surface area contributed by atoms with Crippen LogP contribution in [0.25, 0.3) is 11.1 Å². The number of hydrogen-bond donors (Lipinski definition) is 1. The highest BCUT2D eigenvalue weighted by Crippen LogP contribution is 2.57. The average Bonchev–Trinajstić information content (AvgIpc) is 3.37. The Morgan fingerprint density at radius 1 is 1.00 bits per heavy atom. The van der Waals surface area contributed by atoms with Gasteiger partial charge in [-0.15, -0.1) is 0 Å². The van der Waals surface area contributed by atoms with Crippen LogP contribution < -0.4 is 10.1 Å². The Balaban J connectivity index is 1.23. The molecule has 34 heavy (non-hydrogen) atoms. The predicted octanol–water partition coefficient (Wildman–Crippen LogP) is 5.93. The van der Waals surface area contributed by atoms with Crippen LogP contribution in [0.15, 0.2) is 41.2 Å². The quantitative estimate of drug-likeness (QED) is 0.467. The third kappa shape index (κ3) is 4.40. The molecule has 3 aliphatic rings. The number of ether oxygens (including phenoxy) is 1. The molecule has 0 unspecified atom stereocenters. The van der Waals surface area contributed by atoms with Gasteiger partial charge in [0.05, 0.1) is 6.61 Å². The summed E-state index contributed by atoms with van der Waals surface area (Å²) in [6.07, 6.45) is 10.6. The molecular weight excluding hydrogens is 426 g/mol. The summed E-state index contributed by atoms with van der Waals surface area (Å²) in [6.45, 7) is 9.89. The van der Waals surface area contributed by atoms with Crippen LogP contribution in [0.3, 0.4) is 0 Å². The van der Waals surface area contributed by atoms with Gasteiger partial charge in [0.15, 0.2) is 5.82 Å². The number of nitrogens with zero attached hydrogens (tertiary/aromatic N) is 4. The molecular formula is C27H35N5O2. The summed E-state index contributed by atoms with van der Waals surface area (Å²) in [4.78, 5) is 13.4. The Morgan fingerprint density at radius 2 is 1.71 bits per heavy atom. The summed E-state index contributed by atoms with van der Waals surface area (Å²) < 4.78 is 11.1. The minimum atomic E-state index is -0.0820. The second-order valence-electron chi connectivity index (χ2n) is 11.1. The van der Waals surface area contributed by atoms with E-state index in [0.29, 0.717) is 18.0 Å². The van der Waals surface area contributed by atoms with E-state index in [1.165, 1.54) is 19.3 Å². The van der Waals surface area contributed by atoms with Crippen molar-refractivity contribution in [2.45, 2.75) is 77.0 Å².